The third-order valence-electron chi connectivity index (χ3n) is 3.73. The van der Waals surface area contributed by atoms with Crippen molar-refractivity contribution in [3.63, 3.8) is 0 Å². The molecule has 0 aromatic heterocycles. The number of carbonyl (C=O) groups excluding carboxylic acids is 1. The smallest absolute Gasteiger partial charge is 0.275 e. The molecule has 0 saturated heterocycles. The van der Waals surface area contributed by atoms with Gasteiger partial charge in [0, 0.05) is 10.0 Å². The highest BCUT2D eigenvalue weighted by Gasteiger charge is 2.13. The minimum absolute atomic E-state index is 0.0148. The lowest BCUT2D eigenvalue weighted by molar-refractivity contribution is -0.682. The number of amides is 1. The molecule has 0 saturated carbocycles. The number of hydrogen-bond donors (Lipinski definition) is 2. The molecule has 2 aromatic rings. The number of hydrogen-bond acceptors (Lipinski definition) is 1. The van der Waals surface area contributed by atoms with Crippen LogP contribution < -0.4 is 10.6 Å². The second-order valence-corrected chi connectivity index (χ2v) is 6.40. The Hall–Kier alpha value is -1.65. The van der Waals surface area contributed by atoms with Crippen molar-refractivity contribution in [3.05, 3.63) is 70.2 Å². The molecular formula is C18H22BrN2O+. The van der Waals surface area contributed by atoms with Gasteiger partial charge >= 0.3 is 0 Å². The Morgan fingerprint density at radius 3 is 2.32 bits per heavy atom. The van der Waals surface area contributed by atoms with Gasteiger partial charge in [-0.05, 0) is 31.5 Å². The van der Waals surface area contributed by atoms with Crippen molar-refractivity contribution in [2.45, 2.75) is 25.9 Å². The number of halogens is 1. The van der Waals surface area contributed by atoms with Crippen molar-refractivity contribution in [2.75, 3.05) is 6.54 Å². The SMILES string of the molecule is C[C@H]([NH2+]CC(=O)N[C@H](C)c1ccc(Br)cc1)c1ccccc1. The maximum absolute atomic E-state index is 12.1. The van der Waals surface area contributed by atoms with Crippen LogP contribution in [0, 0.1) is 0 Å². The Balaban J connectivity index is 1.81. The van der Waals surface area contributed by atoms with Gasteiger partial charge in [-0.2, -0.15) is 0 Å². The average molecular weight is 362 g/mol. The molecule has 0 bridgehead atoms. The summed E-state index contributed by atoms with van der Waals surface area (Å²) < 4.78 is 1.04. The first-order valence-electron chi connectivity index (χ1n) is 7.49. The summed E-state index contributed by atoms with van der Waals surface area (Å²) in [6.07, 6.45) is 0. The van der Waals surface area contributed by atoms with Crippen molar-refractivity contribution < 1.29 is 10.1 Å². The molecule has 3 nitrogen and oxygen atoms in total. The van der Waals surface area contributed by atoms with E-state index in [1.807, 2.05) is 49.4 Å². The Bertz CT molecular complexity index is 598. The second-order valence-electron chi connectivity index (χ2n) is 5.48. The van der Waals surface area contributed by atoms with Crippen LogP contribution in [-0.4, -0.2) is 12.5 Å². The fourth-order valence-electron chi connectivity index (χ4n) is 2.31. The third kappa shape index (κ3) is 4.97. The number of rotatable bonds is 6. The van der Waals surface area contributed by atoms with E-state index in [-0.39, 0.29) is 18.0 Å². The highest BCUT2D eigenvalue weighted by atomic mass is 79.9. The molecule has 116 valence electrons. The van der Waals surface area contributed by atoms with Crippen LogP contribution in [0.5, 0.6) is 0 Å². The molecule has 0 fully saturated rings. The van der Waals surface area contributed by atoms with Gasteiger partial charge in [-0.1, -0.05) is 58.4 Å². The maximum atomic E-state index is 12.1. The van der Waals surface area contributed by atoms with Gasteiger partial charge in [0.15, 0.2) is 6.54 Å². The summed E-state index contributed by atoms with van der Waals surface area (Å²) in [5.74, 6) is 0.0539. The van der Waals surface area contributed by atoms with Gasteiger partial charge in [0.1, 0.15) is 6.04 Å². The molecule has 3 N–H and O–H groups in total. The maximum Gasteiger partial charge on any atom is 0.275 e. The van der Waals surface area contributed by atoms with E-state index < -0.39 is 0 Å². The Kier molecular flexibility index (Phi) is 6.16. The van der Waals surface area contributed by atoms with E-state index in [0.717, 1.165) is 10.0 Å². The summed E-state index contributed by atoms with van der Waals surface area (Å²) >= 11 is 3.42. The summed E-state index contributed by atoms with van der Waals surface area (Å²) in [4.78, 5) is 12.1. The summed E-state index contributed by atoms with van der Waals surface area (Å²) in [6, 6.07) is 18.5. The second kappa shape index (κ2) is 8.11. The Morgan fingerprint density at radius 2 is 1.68 bits per heavy atom. The molecule has 0 heterocycles. The molecule has 22 heavy (non-hydrogen) atoms. The van der Waals surface area contributed by atoms with Crippen LogP contribution in [0.2, 0.25) is 0 Å². The summed E-state index contributed by atoms with van der Waals surface area (Å²) in [5.41, 5.74) is 2.34. The highest BCUT2D eigenvalue weighted by molar-refractivity contribution is 9.10. The number of benzene rings is 2. The Labute approximate surface area is 140 Å². The summed E-state index contributed by atoms with van der Waals surface area (Å²) in [6.45, 7) is 4.54. The van der Waals surface area contributed by atoms with E-state index in [4.69, 9.17) is 0 Å². The lowest BCUT2D eigenvalue weighted by Gasteiger charge is -2.15. The van der Waals surface area contributed by atoms with Crippen LogP contribution >= 0.6 is 15.9 Å². The molecular weight excluding hydrogens is 340 g/mol. The summed E-state index contributed by atoms with van der Waals surface area (Å²) in [7, 11) is 0. The lowest BCUT2D eigenvalue weighted by atomic mass is 10.1. The van der Waals surface area contributed by atoms with E-state index in [9.17, 15) is 4.79 Å². The minimum atomic E-state index is 0.0148. The average Bonchev–Trinajstić information content (AvgIpc) is 2.54. The van der Waals surface area contributed by atoms with Crippen molar-refractivity contribution in [1.29, 1.82) is 0 Å². The normalized spacial score (nSPS) is 13.4. The van der Waals surface area contributed by atoms with Crippen molar-refractivity contribution >= 4 is 21.8 Å². The largest absolute Gasteiger partial charge is 0.345 e. The molecule has 0 aliphatic rings. The van der Waals surface area contributed by atoms with Gasteiger partial charge in [-0.3, -0.25) is 4.79 Å². The third-order valence-corrected chi connectivity index (χ3v) is 4.26. The van der Waals surface area contributed by atoms with Gasteiger partial charge in [-0.25, -0.2) is 0 Å². The zero-order valence-corrected chi connectivity index (χ0v) is 14.5. The first-order chi connectivity index (χ1) is 10.6. The molecule has 0 aliphatic carbocycles. The van der Waals surface area contributed by atoms with Crippen LogP contribution in [-0.2, 0) is 4.79 Å². The first-order valence-corrected chi connectivity index (χ1v) is 8.28. The van der Waals surface area contributed by atoms with Crippen LogP contribution in [0.15, 0.2) is 59.1 Å². The fraction of sp³-hybridized carbons (Fsp3) is 0.278. The molecule has 0 radical (unpaired) electrons. The van der Waals surface area contributed by atoms with E-state index in [0.29, 0.717) is 6.54 Å². The van der Waals surface area contributed by atoms with Gasteiger partial charge in [-0.15, -0.1) is 0 Å². The molecule has 0 spiro atoms. The summed E-state index contributed by atoms with van der Waals surface area (Å²) in [5, 5.41) is 5.09. The van der Waals surface area contributed by atoms with Crippen LogP contribution in [0.4, 0.5) is 0 Å². The quantitative estimate of drug-likeness (QED) is 0.816. The Morgan fingerprint density at radius 1 is 1.05 bits per heavy atom. The van der Waals surface area contributed by atoms with Gasteiger partial charge in [0.2, 0.25) is 0 Å². The minimum Gasteiger partial charge on any atom is -0.345 e. The molecule has 0 aliphatic heterocycles. The number of quaternary nitrogens is 1. The molecule has 2 rings (SSSR count). The predicted molar refractivity (Wildman–Crippen MR) is 92.3 cm³/mol. The van der Waals surface area contributed by atoms with Crippen LogP contribution in [0.1, 0.15) is 37.1 Å². The molecule has 0 unspecified atom stereocenters. The highest BCUT2D eigenvalue weighted by Crippen LogP contribution is 2.16. The van der Waals surface area contributed by atoms with Crippen LogP contribution in [0.3, 0.4) is 0 Å². The zero-order chi connectivity index (χ0) is 15.9. The molecule has 1 amide bonds. The standard InChI is InChI=1S/C18H21BrN2O/c1-13(15-6-4-3-5-7-15)20-12-18(22)21-14(2)16-8-10-17(19)11-9-16/h3-11,13-14,20H,12H2,1-2H3,(H,21,22)/p+1/t13-,14+/m0/s1. The zero-order valence-electron chi connectivity index (χ0n) is 12.9. The topological polar surface area (TPSA) is 45.7 Å². The van der Waals surface area contributed by atoms with E-state index >= 15 is 0 Å². The fourth-order valence-corrected chi connectivity index (χ4v) is 2.58. The molecule has 4 heteroatoms. The van der Waals surface area contributed by atoms with Gasteiger partial charge < -0.3 is 10.6 Å². The predicted octanol–water partition coefficient (Wildman–Crippen LogP) is 2.95. The van der Waals surface area contributed by atoms with Crippen molar-refractivity contribution in [1.82, 2.24) is 5.32 Å². The lowest BCUT2D eigenvalue weighted by Crippen LogP contribution is -2.87. The monoisotopic (exact) mass is 361 g/mol. The number of nitrogens with one attached hydrogen (secondary N) is 1. The first kappa shape index (κ1) is 16.7. The number of carbonyl (C=O) groups is 1. The number of nitrogens with two attached hydrogens (primary N) is 1. The van der Waals surface area contributed by atoms with Gasteiger partial charge in [0.05, 0.1) is 6.04 Å². The van der Waals surface area contributed by atoms with Crippen molar-refractivity contribution in [2.24, 2.45) is 0 Å². The van der Waals surface area contributed by atoms with Gasteiger partial charge in [0.25, 0.3) is 5.91 Å². The van der Waals surface area contributed by atoms with Crippen LogP contribution in [0.25, 0.3) is 0 Å². The van der Waals surface area contributed by atoms with E-state index in [2.05, 4.69) is 45.6 Å². The molecule has 2 aromatic carbocycles. The van der Waals surface area contributed by atoms with E-state index in [1.165, 1.54) is 5.56 Å². The van der Waals surface area contributed by atoms with E-state index in [1.54, 1.807) is 0 Å². The van der Waals surface area contributed by atoms with Crippen molar-refractivity contribution in [3.8, 4) is 0 Å². The molecule has 2 atom stereocenters.